The van der Waals surface area contributed by atoms with E-state index < -0.39 is 0 Å². The molecule has 2 aromatic heterocycles. The molecule has 0 atom stereocenters. The van der Waals surface area contributed by atoms with Gasteiger partial charge in [-0.15, -0.1) is 11.3 Å². The second-order valence-corrected chi connectivity index (χ2v) is 12.4. The van der Waals surface area contributed by atoms with Crippen molar-refractivity contribution in [2.75, 3.05) is 51.8 Å². The Labute approximate surface area is 276 Å². The summed E-state index contributed by atoms with van der Waals surface area (Å²) in [5, 5.41) is 3.74. The molecule has 1 aliphatic rings. The van der Waals surface area contributed by atoms with Crippen molar-refractivity contribution in [3.8, 4) is 17.6 Å². The lowest BCUT2D eigenvalue weighted by Gasteiger charge is -2.35. The largest absolute Gasteiger partial charge is 0.487 e. The molecule has 6 rings (SSSR count). The minimum Gasteiger partial charge on any atom is -0.487 e. The fraction of sp³-hybridized carbons (Fsp3) is 0.229. The Morgan fingerprint density at radius 3 is 2.65 bits per heavy atom. The topological polar surface area (TPSA) is 73.8 Å². The number of amides is 1. The number of aromatic nitrogens is 2. The molecule has 0 radical (unpaired) electrons. The van der Waals surface area contributed by atoms with Crippen molar-refractivity contribution in [2.45, 2.75) is 6.61 Å². The molecule has 0 spiro atoms. The molecule has 3 heterocycles. The van der Waals surface area contributed by atoms with Crippen molar-refractivity contribution < 1.29 is 13.9 Å². The molecule has 1 N–H and O–H groups in total. The van der Waals surface area contributed by atoms with E-state index in [1.807, 2.05) is 47.4 Å². The highest BCUT2D eigenvalue weighted by Crippen LogP contribution is 2.33. The number of benzene rings is 3. The Morgan fingerprint density at radius 2 is 1.87 bits per heavy atom. The molecule has 0 unspecified atom stereocenters. The number of nitrogens with zero attached hydrogens (tertiary/aromatic N) is 5. The van der Waals surface area contributed by atoms with Gasteiger partial charge in [-0.3, -0.25) is 9.69 Å². The molecule has 46 heavy (non-hydrogen) atoms. The number of ether oxygens (including phenoxy) is 1. The van der Waals surface area contributed by atoms with Gasteiger partial charge in [0.25, 0.3) is 5.91 Å². The maximum atomic E-state index is 13.5. The maximum absolute atomic E-state index is 13.5. The van der Waals surface area contributed by atoms with Gasteiger partial charge in [0.2, 0.25) is 0 Å². The third-order valence-electron chi connectivity index (χ3n) is 7.55. The van der Waals surface area contributed by atoms with Crippen LogP contribution in [-0.4, -0.2) is 77.0 Å². The summed E-state index contributed by atoms with van der Waals surface area (Å²) < 4.78 is 20.1. The summed E-state index contributed by atoms with van der Waals surface area (Å²) in [6.45, 7) is 4.78. The van der Waals surface area contributed by atoms with Crippen LogP contribution in [0.5, 0.6) is 5.75 Å². The van der Waals surface area contributed by atoms with E-state index in [-0.39, 0.29) is 18.3 Å². The lowest BCUT2D eigenvalue weighted by Crippen LogP contribution is -2.50. The maximum Gasteiger partial charge on any atom is 0.255 e. The molecule has 0 saturated carbocycles. The van der Waals surface area contributed by atoms with E-state index in [1.165, 1.54) is 29.8 Å². The number of piperazine rings is 1. The first-order valence-electron chi connectivity index (χ1n) is 14.8. The Morgan fingerprint density at radius 1 is 1.04 bits per heavy atom. The molecule has 1 saturated heterocycles. The van der Waals surface area contributed by atoms with Crippen LogP contribution in [-0.2, 0) is 6.61 Å². The van der Waals surface area contributed by atoms with Crippen LogP contribution in [0.1, 0.15) is 20.8 Å². The second-order valence-electron chi connectivity index (χ2n) is 11.0. The molecule has 5 aromatic rings. The molecular weight excluding hydrogens is 623 g/mol. The van der Waals surface area contributed by atoms with E-state index in [0.717, 1.165) is 47.0 Å². The van der Waals surface area contributed by atoms with Gasteiger partial charge < -0.3 is 19.9 Å². The van der Waals surface area contributed by atoms with Gasteiger partial charge in [-0.25, -0.2) is 14.4 Å². The lowest BCUT2D eigenvalue weighted by molar-refractivity contribution is 0.0568. The van der Waals surface area contributed by atoms with Crippen LogP contribution in [0.4, 0.5) is 15.9 Å². The summed E-state index contributed by atoms with van der Waals surface area (Å²) in [5.41, 5.74) is 2.85. The highest BCUT2D eigenvalue weighted by molar-refractivity contribution is 7.20. The number of fused-ring (bicyclic) bond motifs is 1. The van der Waals surface area contributed by atoms with Gasteiger partial charge >= 0.3 is 0 Å². The standard InChI is InChI=1S/C35H32ClFN6O2S/c1-41-15-17-42(18-16-41)24-43(35(44)26-8-3-2-4-9-26)14-6-11-29-21-31-33(46-29)34(39-23-38-31)40-28-12-13-32(30(36)20-28)45-22-25-7-5-10-27(37)19-25/h2-5,7-10,12-13,19-21,23H,14-18,22,24H2,1H3,(H,38,39,40). The van der Waals surface area contributed by atoms with Gasteiger partial charge in [-0.05, 0) is 61.1 Å². The van der Waals surface area contributed by atoms with E-state index in [4.69, 9.17) is 16.3 Å². The van der Waals surface area contributed by atoms with E-state index in [2.05, 4.69) is 44.0 Å². The van der Waals surface area contributed by atoms with Gasteiger partial charge in [0, 0.05) is 37.4 Å². The first-order valence-corrected chi connectivity index (χ1v) is 16.0. The third kappa shape index (κ3) is 8.00. The zero-order valence-electron chi connectivity index (χ0n) is 25.2. The minimum absolute atomic E-state index is 0.0356. The van der Waals surface area contributed by atoms with Gasteiger partial charge in [-0.2, -0.15) is 0 Å². The van der Waals surface area contributed by atoms with Gasteiger partial charge in [0.05, 0.1) is 33.3 Å². The fourth-order valence-corrected chi connectivity index (χ4v) is 6.19. The quantitative estimate of drug-likeness (QED) is 0.182. The summed E-state index contributed by atoms with van der Waals surface area (Å²) in [4.78, 5) is 29.5. The predicted octanol–water partition coefficient (Wildman–Crippen LogP) is 6.51. The molecule has 1 amide bonds. The van der Waals surface area contributed by atoms with Crippen molar-refractivity contribution in [3.05, 3.63) is 112 Å². The molecule has 0 aliphatic carbocycles. The number of rotatable bonds is 9. The highest BCUT2D eigenvalue weighted by atomic mass is 35.5. The zero-order chi connectivity index (χ0) is 31.9. The Balaban J connectivity index is 1.14. The van der Waals surface area contributed by atoms with Crippen LogP contribution in [0.15, 0.2) is 85.2 Å². The number of carbonyl (C=O) groups excluding carboxylic acids is 1. The SMILES string of the molecule is CN1CCN(CN(CC#Cc2cc3ncnc(Nc4ccc(OCc5cccc(F)c5)c(Cl)c4)c3s2)C(=O)c2ccccc2)CC1. The van der Waals surface area contributed by atoms with E-state index in [9.17, 15) is 9.18 Å². The van der Waals surface area contributed by atoms with Crippen molar-refractivity contribution in [3.63, 3.8) is 0 Å². The Kier molecular flexibility index (Phi) is 10.1. The highest BCUT2D eigenvalue weighted by Gasteiger charge is 2.21. The molecule has 1 aliphatic heterocycles. The van der Waals surface area contributed by atoms with Crippen LogP contribution in [0, 0.1) is 17.7 Å². The van der Waals surface area contributed by atoms with Crippen molar-refractivity contribution in [1.29, 1.82) is 0 Å². The van der Waals surface area contributed by atoms with Gasteiger partial charge in [-0.1, -0.05) is 53.8 Å². The Hall–Kier alpha value is -4.53. The van der Waals surface area contributed by atoms with Crippen LogP contribution in [0.25, 0.3) is 10.2 Å². The van der Waals surface area contributed by atoms with Crippen molar-refractivity contribution >= 4 is 50.6 Å². The summed E-state index contributed by atoms with van der Waals surface area (Å²) in [6, 6.07) is 22.9. The number of anilines is 2. The fourth-order valence-electron chi connectivity index (χ4n) is 5.03. The lowest BCUT2D eigenvalue weighted by atomic mass is 10.2. The third-order valence-corrected chi connectivity index (χ3v) is 8.89. The smallest absolute Gasteiger partial charge is 0.255 e. The van der Waals surface area contributed by atoms with Crippen molar-refractivity contribution in [2.24, 2.45) is 0 Å². The summed E-state index contributed by atoms with van der Waals surface area (Å²) in [7, 11) is 2.12. The average molecular weight is 655 g/mol. The Bertz CT molecular complexity index is 1880. The van der Waals surface area contributed by atoms with Gasteiger partial charge in [0.15, 0.2) is 5.82 Å². The number of carbonyl (C=O) groups is 1. The average Bonchev–Trinajstić information content (AvgIpc) is 3.49. The minimum atomic E-state index is -0.313. The molecule has 234 valence electrons. The number of likely N-dealkylation sites (N-methyl/N-ethyl adjacent to an activating group) is 1. The zero-order valence-corrected chi connectivity index (χ0v) is 26.8. The second kappa shape index (κ2) is 14.7. The van der Waals surface area contributed by atoms with Crippen LogP contribution < -0.4 is 10.1 Å². The normalized spacial score (nSPS) is 13.6. The monoisotopic (exact) mass is 654 g/mol. The van der Waals surface area contributed by atoms with Crippen LogP contribution in [0.3, 0.4) is 0 Å². The first-order chi connectivity index (χ1) is 22.4. The molecule has 8 nitrogen and oxygen atoms in total. The molecule has 1 fully saturated rings. The van der Waals surface area contributed by atoms with Crippen LogP contribution in [0.2, 0.25) is 5.02 Å². The molecule has 0 bridgehead atoms. The van der Waals surface area contributed by atoms with Gasteiger partial charge in [0.1, 0.15) is 24.5 Å². The first kappa shape index (κ1) is 31.5. The molecular formula is C35H32ClFN6O2S. The summed E-state index contributed by atoms with van der Waals surface area (Å²) in [5.74, 6) is 7.24. The predicted molar refractivity (Wildman–Crippen MR) is 181 cm³/mol. The summed E-state index contributed by atoms with van der Waals surface area (Å²) in [6.07, 6.45) is 1.50. The van der Waals surface area contributed by atoms with E-state index in [0.29, 0.717) is 40.9 Å². The number of nitrogens with one attached hydrogen (secondary N) is 1. The number of halogens is 2. The van der Waals surface area contributed by atoms with Crippen LogP contribution >= 0.6 is 22.9 Å². The number of hydrogen-bond acceptors (Lipinski definition) is 8. The molecule has 11 heteroatoms. The number of hydrogen-bond donors (Lipinski definition) is 1. The van der Waals surface area contributed by atoms with E-state index in [1.54, 1.807) is 24.3 Å². The summed E-state index contributed by atoms with van der Waals surface area (Å²) >= 11 is 7.99. The van der Waals surface area contributed by atoms with E-state index >= 15 is 0 Å². The molecule has 3 aromatic carbocycles. The van der Waals surface area contributed by atoms with Crippen molar-refractivity contribution in [1.82, 2.24) is 24.7 Å². The number of thiophene rings is 1.